The number of benzene rings is 1. The number of thiophene rings is 1. The van der Waals surface area contributed by atoms with Crippen LogP contribution in [0, 0.1) is 12.7 Å². The molecule has 0 radical (unpaired) electrons. The van der Waals surface area contributed by atoms with E-state index in [4.69, 9.17) is 4.52 Å². The van der Waals surface area contributed by atoms with Crippen LogP contribution in [0.5, 0.6) is 0 Å². The Bertz CT molecular complexity index is 861. The van der Waals surface area contributed by atoms with Crippen molar-refractivity contribution in [2.24, 2.45) is 0 Å². The standard InChI is InChI=1S/C19H20FN3OS/c1-12-5-6-14(10-16(12)20)18-21-19(24-22-18)13(2)23-8-3-4-17(23)15-7-9-25-11-15/h5-7,9-11,13,17H,3-4,8H2,1-2H3. The third-order valence-corrected chi connectivity index (χ3v) is 5.65. The lowest BCUT2D eigenvalue weighted by atomic mass is 10.1. The Morgan fingerprint density at radius 2 is 2.24 bits per heavy atom. The van der Waals surface area contributed by atoms with Crippen molar-refractivity contribution in [3.05, 3.63) is 57.9 Å². The Morgan fingerprint density at radius 1 is 1.36 bits per heavy atom. The molecule has 2 aromatic heterocycles. The SMILES string of the molecule is Cc1ccc(-c2noc(C(C)N3CCCC3c3ccsc3)n2)cc1F. The summed E-state index contributed by atoms with van der Waals surface area (Å²) in [5, 5.41) is 8.39. The van der Waals surface area contributed by atoms with Gasteiger partial charge < -0.3 is 4.52 Å². The Hall–Kier alpha value is -2.05. The van der Waals surface area contributed by atoms with E-state index >= 15 is 0 Å². The fourth-order valence-electron chi connectivity index (χ4n) is 3.47. The molecule has 1 aliphatic heterocycles. The molecule has 0 amide bonds. The molecule has 1 aromatic carbocycles. The van der Waals surface area contributed by atoms with Crippen LogP contribution < -0.4 is 0 Å². The third-order valence-electron chi connectivity index (χ3n) is 4.95. The lowest BCUT2D eigenvalue weighted by molar-refractivity contribution is 0.159. The number of aromatic nitrogens is 2. The number of likely N-dealkylation sites (tertiary alicyclic amines) is 1. The van der Waals surface area contributed by atoms with Crippen LogP contribution in [-0.2, 0) is 0 Å². The summed E-state index contributed by atoms with van der Waals surface area (Å²) in [6.07, 6.45) is 2.31. The molecule has 6 heteroatoms. The van der Waals surface area contributed by atoms with Gasteiger partial charge in [0, 0.05) is 11.6 Å². The van der Waals surface area contributed by atoms with Gasteiger partial charge in [0.2, 0.25) is 11.7 Å². The van der Waals surface area contributed by atoms with Gasteiger partial charge in [0.25, 0.3) is 0 Å². The summed E-state index contributed by atoms with van der Waals surface area (Å²) in [4.78, 5) is 6.94. The molecular weight excluding hydrogens is 337 g/mol. The average molecular weight is 357 g/mol. The summed E-state index contributed by atoms with van der Waals surface area (Å²) in [5.41, 5.74) is 2.60. The maximum absolute atomic E-state index is 13.8. The summed E-state index contributed by atoms with van der Waals surface area (Å²) in [7, 11) is 0. The van der Waals surface area contributed by atoms with Crippen LogP contribution >= 0.6 is 11.3 Å². The van der Waals surface area contributed by atoms with Gasteiger partial charge in [0.1, 0.15) is 5.82 Å². The number of nitrogens with zero attached hydrogens (tertiary/aromatic N) is 3. The molecule has 130 valence electrons. The van der Waals surface area contributed by atoms with Gasteiger partial charge in [0.15, 0.2) is 0 Å². The van der Waals surface area contributed by atoms with Gasteiger partial charge >= 0.3 is 0 Å². The maximum Gasteiger partial charge on any atom is 0.244 e. The second-order valence-corrected chi connectivity index (χ2v) is 7.33. The predicted molar refractivity (Wildman–Crippen MR) is 95.8 cm³/mol. The average Bonchev–Trinajstić information content (AvgIpc) is 3.36. The highest BCUT2D eigenvalue weighted by Crippen LogP contribution is 2.39. The smallest absolute Gasteiger partial charge is 0.244 e. The first-order valence-corrected chi connectivity index (χ1v) is 9.46. The van der Waals surface area contributed by atoms with Crippen molar-refractivity contribution in [3.63, 3.8) is 0 Å². The van der Waals surface area contributed by atoms with E-state index in [9.17, 15) is 4.39 Å². The molecule has 3 aromatic rings. The van der Waals surface area contributed by atoms with Crippen LogP contribution in [0.25, 0.3) is 11.4 Å². The Balaban J connectivity index is 1.58. The minimum atomic E-state index is -0.256. The molecule has 1 saturated heterocycles. The van der Waals surface area contributed by atoms with Gasteiger partial charge in [-0.2, -0.15) is 16.3 Å². The first-order chi connectivity index (χ1) is 12.1. The molecule has 1 aliphatic rings. The van der Waals surface area contributed by atoms with Crippen molar-refractivity contribution in [1.29, 1.82) is 0 Å². The highest BCUT2D eigenvalue weighted by Gasteiger charge is 2.33. The van der Waals surface area contributed by atoms with E-state index in [0.717, 1.165) is 19.4 Å². The van der Waals surface area contributed by atoms with E-state index in [-0.39, 0.29) is 11.9 Å². The molecule has 4 rings (SSSR count). The van der Waals surface area contributed by atoms with Gasteiger partial charge in [0.05, 0.1) is 6.04 Å². The quantitative estimate of drug-likeness (QED) is 0.648. The number of halogens is 1. The Labute approximate surface area is 150 Å². The topological polar surface area (TPSA) is 42.2 Å². The monoisotopic (exact) mass is 357 g/mol. The van der Waals surface area contributed by atoms with Crippen LogP contribution in [0.4, 0.5) is 4.39 Å². The first kappa shape index (κ1) is 16.4. The van der Waals surface area contributed by atoms with Gasteiger partial charge in [-0.3, -0.25) is 4.90 Å². The first-order valence-electron chi connectivity index (χ1n) is 8.51. The van der Waals surface area contributed by atoms with E-state index in [1.165, 1.54) is 11.6 Å². The van der Waals surface area contributed by atoms with Crippen molar-refractivity contribution in [2.75, 3.05) is 6.54 Å². The van der Waals surface area contributed by atoms with Crippen molar-refractivity contribution in [1.82, 2.24) is 15.0 Å². The lowest BCUT2D eigenvalue weighted by Crippen LogP contribution is -2.26. The van der Waals surface area contributed by atoms with E-state index in [1.807, 2.05) is 6.07 Å². The minimum Gasteiger partial charge on any atom is -0.337 e. The molecule has 3 heterocycles. The zero-order valence-electron chi connectivity index (χ0n) is 14.3. The molecule has 0 aliphatic carbocycles. The predicted octanol–water partition coefficient (Wildman–Crippen LogP) is 5.14. The number of aryl methyl sites for hydroxylation is 1. The number of hydrogen-bond donors (Lipinski definition) is 0. The highest BCUT2D eigenvalue weighted by atomic mass is 32.1. The molecule has 2 unspecified atom stereocenters. The Morgan fingerprint density at radius 3 is 3.00 bits per heavy atom. The molecule has 0 spiro atoms. The molecule has 1 fully saturated rings. The third kappa shape index (κ3) is 3.12. The fourth-order valence-corrected chi connectivity index (χ4v) is 4.18. The summed E-state index contributed by atoms with van der Waals surface area (Å²) < 4.78 is 19.3. The molecule has 4 nitrogen and oxygen atoms in total. The normalized spacial score (nSPS) is 19.4. The van der Waals surface area contributed by atoms with Gasteiger partial charge in [-0.1, -0.05) is 17.3 Å². The van der Waals surface area contributed by atoms with E-state index in [0.29, 0.717) is 28.9 Å². The fraction of sp³-hybridized carbons (Fsp3) is 0.368. The summed E-state index contributed by atoms with van der Waals surface area (Å²) >= 11 is 1.73. The summed E-state index contributed by atoms with van der Waals surface area (Å²) in [5.74, 6) is 0.763. The largest absolute Gasteiger partial charge is 0.337 e. The molecule has 0 N–H and O–H groups in total. The van der Waals surface area contributed by atoms with Gasteiger partial charge in [-0.05, 0) is 67.3 Å². The second-order valence-electron chi connectivity index (χ2n) is 6.55. The Kier molecular flexibility index (Phi) is 4.39. The molecular formula is C19H20FN3OS. The van der Waals surface area contributed by atoms with Gasteiger partial charge in [-0.15, -0.1) is 0 Å². The summed E-state index contributed by atoms with van der Waals surface area (Å²) in [6.45, 7) is 4.84. The van der Waals surface area contributed by atoms with Crippen LogP contribution in [0.1, 0.15) is 48.9 Å². The number of rotatable bonds is 4. The van der Waals surface area contributed by atoms with Crippen LogP contribution in [0.15, 0.2) is 39.5 Å². The number of hydrogen-bond acceptors (Lipinski definition) is 5. The zero-order chi connectivity index (χ0) is 17.4. The molecule has 0 bridgehead atoms. The molecule has 0 saturated carbocycles. The van der Waals surface area contributed by atoms with E-state index in [2.05, 4.69) is 38.8 Å². The van der Waals surface area contributed by atoms with E-state index in [1.54, 1.807) is 24.3 Å². The van der Waals surface area contributed by atoms with E-state index < -0.39 is 0 Å². The van der Waals surface area contributed by atoms with Crippen LogP contribution in [0.3, 0.4) is 0 Å². The highest BCUT2D eigenvalue weighted by molar-refractivity contribution is 7.07. The van der Waals surface area contributed by atoms with Crippen molar-refractivity contribution in [2.45, 2.75) is 38.8 Å². The van der Waals surface area contributed by atoms with Crippen molar-refractivity contribution >= 4 is 11.3 Å². The van der Waals surface area contributed by atoms with Crippen molar-refractivity contribution < 1.29 is 8.91 Å². The zero-order valence-corrected chi connectivity index (χ0v) is 15.1. The van der Waals surface area contributed by atoms with Crippen LogP contribution in [-0.4, -0.2) is 21.6 Å². The maximum atomic E-state index is 13.8. The van der Waals surface area contributed by atoms with Crippen molar-refractivity contribution in [3.8, 4) is 11.4 Å². The second kappa shape index (κ2) is 6.69. The lowest BCUT2D eigenvalue weighted by Gasteiger charge is -2.27. The summed E-state index contributed by atoms with van der Waals surface area (Å²) in [6, 6.07) is 7.63. The van der Waals surface area contributed by atoms with Crippen LogP contribution in [0.2, 0.25) is 0 Å². The molecule has 25 heavy (non-hydrogen) atoms. The van der Waals surface area contributed by atoms with Gasteiger partial charge in [-0.25, -0.2) is 4.39 Å². The minimum absolute atomic E-state index is 0.0314. The molecule has 2 atom stereocenters.